The summed E-state index contributed by atoms with van der Waals surface area (Å²) in [5.41, 5.74) is -0.166. The smallest absolute Gasteiger partial charge is 0.282 e. The Morgan fingerprint density at radius 1 is 1.07 bits per heavy atom. The number of fused-ring (bicyclic) bond motifs is 1. The fourth-order valence-corrected chi connectivity index (χ4v) is 3.03. The SMILES string of the molecule is O=C1c2cccc([N+](=O)[O-])c2C(=O)N1Cc1noc(-c2ccccc2Cl)n1. The van der Waals surface area contributed by atoms with E-state index in [9.17, 15) is 19.7 Å². The lowest BCUT2D eigenvalue weighted by Gasteiger charge is -2.10. The molecule has 2 amide bonds. The summed E-state index contributed by atoms with van der Waals surface area (Å²) in [6.07, 6.45) is 0. The fraction of sp³-hybridized carbons (Fsp3) is 0.0588. The standard InChI is InChI=1S/C17H9ClN4O5/c18-11-6-2-1-4-9(11)15-19-13(20-27-15)8-21-16(23)10-5-3-7-12(22(25)26)14(10)17(21)24/h1-7H,8H2. The first-order valence-electron chi connectivity index (χ1n) is 7.68. The van der Waals surface area contributed by atoms with Gasteiger partial charge in [0.15, 0.2) is 5.82 Å². The van der Waals surface area contributed by atoms with E-state index < -0.39 is 22.4 Å². The van der Waals surface area contributed by atoms with E-state index in [1.807, 2.05) is 0 Å². The Hall–Kier alpha value is -3.59. The monoisotopic (exact) mass is 384 g/mol. The summed E-state index contributed by atoms with van der Waals surface area (Å²) in [6.45, 7) is -0.280. The van der Waals surface area contributed by atoms with Crippen molar-refractivity contribution in [3.8, 4) is 11.5 Å². The summed E-state index contributed by atoms with van der Waals surface area (Å²) in [7, 11) is 0. The summed E-state index contributed by atoms with van der Waals surface area (Å²) in [5, 5.41) is 15.3. The molecule has 0 unspecified atom stereocenters. The average molecular weight is 385 g/mol. The highest BCUT2D eigenvalue weighted by atomic mass is 35.5. The molecule has 2 aromatic carbocycles. The fourth-order valence-electron chi connectivity index (χ4n) is 2.82. The molecule has 0 radical (unpaired) electrons. The Labute approximate surface area is 156 Å². The summed E-state index contributed by atoms with van der Waals surface area (Å²) >= 11 is 6.08. The van der Waals surface area contributed by atoms with E-state index in [-0.39, 0.29) is 29.4 Å². The molecule has 0 bridgehead atoms. The predicted molar refractivity (Wildman–Crippen MR) is 92.0 cm³/mol. The van der Waals surface area contributed by atoms with Gasteiger partial charge < -0.3 is 4.52 Å². The van der Waals surface area contributed by atoms with Gasteiger partial charge in [0.25, 0.3) is 23.4 Å². The highest BCUT2D eigenvalue weighted by Crippen LogP contribution is 2.32. The van der Waals surface area contributed by atoms with E-state index in [0.717, 1.165) is 4.90 Å². The number of carbonyl (C=O) groups is 2. The lowest BCUT2D eigenvalue weighted by atomic mass is 10.1. The molecule has 4 rings (SSSR count). The molecule has 134 valence electrons. The molecule has 1 aromatic heterocycles. The molecule has 0 aliphatic carbocycles. The second-order valence-electron chi connectivity index (χ2n) is 5.65. The summed E-state index contributed by atoms with van der Waals surface area (Å²) in [4.78, 5) is 40.5. The van der Waals surface area contributed by atoms with Crippen LogP contribution in [0.25, 0.3) is 11.5 Å². The van der Waals surface area contributed by atoms with Gasteiger partial charge in [0.2, 0.25) is 0 Å². The Morgan fingerprint density at radius 3 is 2.56 bits per heavy atom. The quantitative estimate of drug-likeness (QED) is 0.385. The van der Waals surface area contributed by atoms with E-state index in [4.69, 9.17) is 16.1 Å². The van der Waals surface area contributed by atoms with E-state index >= 15 is 0 Å². The first-order valence-corrected chi connectivity index (χ1v) is 8.06. The maximum atomic E-state index is 12.6. The normalized spacial score (nSPS) is 13.1. The second-order valence-corrected chi connectivity index (χ2v) is 6.06. The van der Waals surface area contributed by atoms with Crippen LogP contribution in [-0.4, -0.2) is 31.8 Å². The molecule has 0 fully saturated rings. The zero-order chi connectivity index (χ0) is 19.1. The Kier molecular flexibility index (Phi) is 3.93. The van der Waals surface area contributed by atoms with Crippen LogP contribution in [0, 0.1) is 10.1 Å². The van der Waals surface area contributed by atoms with Gasteiger partial charge in [-0.1, -0.05) is 35.0 Å². The van der Waals surface area contributed by atoms with Crippen molar-refractivity contribution in [3.05, 3.63) is 74.6 Å². The summed E-state index contributed by atoms with van der Waals surface area (Å²) in [6, 6.07) is 10.7. The number of rotatable bonds is 4. The number of nitrogens with zero attached hydrogens (tertiary/aromatic N) is 4. The number of halogens is 1. The lowest BCUT2D eigenvalue weighted by molar-refractivity contribution is -0.385. The van der Waals surface area contributed by atoms with E-state index in [1.165, 1.54) is 18.2 Å². The van der Waals surface area contributed by atoms with Crippen molar-refractivity contribution in [2.45, 2.75) is 6.54 Å². The minimum absolute atomic E-state index is 0.0241. The molecular weight excluding hydrogens is 376 g/mol. The number of nitro benzene ring substituents is 1. The second kappa shape index (κ2) is 6.29. The number of hydrogen-bond acceptors (Lipinski definition) is 7. The number of aromatic nitrogens is 2. The highest BCUT2D eigenvalue weighted by molar-refractivity contribution is 6.33. The number of benzene rings is 2. The number of amides is 2. The van der Waals surface area contributed by atoms with Crippen molar-refractivity contribution in [2.75, 3.05) is 0 Å². The van der Waals surface area contributed by atoms with Crippen LogP contribution in [0.5, 0.6) is 0 Å². The molecule has 0 saturated carbocycles. The van der Waals surface area contributed by atoms with Gasteiger partial charge in [-0.3, -0.25) is 24.6 Å². The van der Waals surface area contributed by atoms with Gasteiger partial charge in [-0.15, -0.1) is 0 Å². The molecule has 3 aromatic rings. The third-order valence-corrected chi connectivity index (χ3v) is 4.38. The van der Waals surface area contributed by atoms with Crippen LogP contribution in [-0.2, 0) is 6.54 Å². The van der Waals surface area contributed by atoms with Crippen LogP contribution in [0.2, 0.25) is 5.02 Å². The van der Waals surface area contributed by atoms with E-state index in [1.54, 1.807) is 24.3 Å². The molecule has 0 atom stereocenters. The Balaban J connectivity index is 1.64. The average Bonchev–Trinajstić information content (AvgIpc) is 3.21. The number of hydrogen-bond donors (Lipinski definition) is 0. The number of nitro groups is 1. The highest BCUT2D eigenvalue weighted by Gasteiger charge is 2.41. The molecule has 2 heterocycles. The topological polar surface area (TPSA) is 119 Å². The van der Waals surface area contributed by atoms with Crippen LogP contribution in [0.1, 0.15) is 26.5 Å². The van der Waals surface area contributed by atoms with Crippen molar-refractivity contribution < 1.29 is 19.0 Å². The summed E-state index contributed by atoms with van der Waals surface area (Å²) in [5.74, 6) is -1.21. The largest absolute Gasteiger partial charge is 0.334 e. The van der Waals surface area contributed by atoms with Crippen LogP contribution in [0.15, 0.2) is 47.0 Å². The maximum Gasteiger partial charge on any atom is 0.282 e. The first-order chi connectivity index (χ1) is 13.0. The molecule has 10 heteroatoms. The molecule has 9 nitrogen and oxygen atoms in total. The Bertz CT molecular complexity index is 1110. The minimum atomic E-state index is -0.772. The number of carbonyl (C=O) groups excluding carboxylic acids is 2. The van der Waals surface area contributed by atoms with Crippen LogP contribution >= 0.6 is 11.6 Å². The number of imide groups is 1. The summed E-state index contributed by atoms with van der Waals surface area (Å²) < 4.78 is 5.15. The van der Waals surface area contributed by atoms with Gasteiger partial charge in [0, 0.05) is 6.07 Å². The van der Waals surface area contributed by atoms with Crippen LogP contribution < -0.4 is 0 Å². The molecular formula is C17H9ClN4O5. The third-order valence-electron chi connectivity index (χ3n) is 4.05. The third kappa shape index (κ3) is 2.74. The zero-order valence-electron chi connectivity index (χ0n) is 13.5. The Morgan fingerprint density at radius 2 is 1.81 bits per heavy atom. The van der Waals surface area contributed by atoms with Gasteiger partial charge in [0.05, 0.1) is 27.6 Å². The maximum absolute atomic E-state index is 12.6. The first kappa shape index (κ1) is 16.9. The molecule has 1 aliphatic rings. The predicted octanol–water partition coefficient (Wildman–Crippen LogP) is 3.09. The van der Waals surface area contributed by atoms with Crippen LogP contribution in [0.3, 0.4) is 0 Å². The molecule has 1 aliphatic heterocycles. The van der Waals surface area contributed by atoms with Crippen molar-refractivity contribution in [1.29, 1.82) is 0 Å². The van der Waals surface area contributed by atoms with E-state index in [0.29, 0.717) is 10.6 Å². The van der Waals surface area contributed by atoms with Crippen LogP contribution in [0.4, 0.5) is 5.69 Å². The van der Waals surface area contributed by atoms with E-state index in [2.05, 4.69) is 10.1 Å². The molecule has 0 spiro atoms. The van der Waals surface area contributed by atoms with Crippen molar-refractivity contribution in [1.82, 2.24) is 15.0 Å². The minimum Gasteiger partial charge on any atom is -0.334 e. The molecule has 0 N–H and O–H groups in total. The molecule has 0 saturated heterocycles. The van der Waals surface area contributed by atoms with Crippen molar-refractivity contribution >= 4 is 29.1 Å². The molecule has 27 heavy (non-hydrogen) atoms. The van der Waals surface area contributed by atoms with Gasteiger partial charge in [-0.2, -0.15) is 4.98 Å². The zero-order valence-corrected chi connectivity index (χ0v) is 14.2. The van der Waals surface area contributed by atoms with Crippen molar-refractivity contribution in [3.63, 3.8) is 0 Å². The van der Waals surface area contributed by atoms with Gasteiger partial charge in [-0.05, 0) is 18.2 Å². The van der Waals surface area contributed by atoms with Gasteiger partial charge in [0.1, 0.15) is 5.56 Å². The van der Waals surface area contributed by atoms with Crippen molar-refractivity contribution in [2.24, 2.45) is 0 Å². The lowest BCUT2D eigenvalue weighted by Crippen LogP contribution is -2.29. The van der Waals surface area contributed by atoms with Gasteiger partial charge >= 0.3 is 0 Å². The van der Waals surface area contributed by atoms with Gasteiger partial charge in [-0.25, -0.2) is 0 Å².